The molecule has 1 aromatic rings. The highest BCUT2D eigenvalue weighted by Crippen LogP contribution is 2.19. The van der Waals surface area contributed by atoms with Gasteiger partial charge in [0.15, 0.2) is 11.6 Å². The summed E-state index contributed by atoms with van der Waals surface area (Å²) < 4.78 is 25.9. The molecular formula is C16H22F2N2O. The molecule has 116 valence electrons. The summed E-state index contributed by atoms with van der Waals surface area (Å²) in [6.45, 7) is 3.73. The molecule has 1 amide bonds. The van der Waals surface area contributed by atoms with Gasteiger partial charge >= 0.3 is 0 Å². The number of carbonyl (C=O) groups excluding carboxylic acids is 1. The van der Waals surface area contributed by atoms with Crippen LogP contribution in [0.15, 0.2) is 18.2 Å². The normalized spacial score (nSPS) is 22.0. The van der Waals surface area contributed by atoms with Gasteiger partial charge in [-0.05, 0) is 43.0 Å². The molecule has 21 heavy (non-hydrogen) atoms. The minimum absolute atomic E-state index is 0.0702. The summed E-state index contributed by atoms with van der Waals surface area (Å²) in [5.74, 6) is -1.39. The zero-order valence-corrected chi connectivity index (χ0v) is 12.3. The lowest BCUT2D eigenvalue weighted by Crippen LogP contribution is -2.48. The van der Waals surface area contributed by atoms with E-state index in [0.29, 0.717) is 24.1 Å². The van der Waals surface area contributed by atoms with Crippen LogP contribution < -0.4 is 10.6 Å². The van der Waals surface area contributed by atoms with Gasteiger partial charge in [0.1, 0.15) is 0 Å². The molecule has 0 radical (unpaired) electrons. The van der Waals surface area contributed by atoms with E-state index in [9.17, 15) is 13.6 Å². The van der Waals surface area contributed by atoms with Gasteiger partial charge in [-0.2, -0.15) is 0 Å². The Morgan fingerprint density at radius 2 is 2.19 bits per heavy atom. The van der Waals surface area contributed by atoms with Crippen LogP contribution in [0.1, 0.15) is 31.7 Å². The lowest BCUT2D eigenvalue weighted by atomic mass is 9.88. The second-order valence-corrected chi connectivity index (χ2v) is 5.60. The summed E-state index contributed by atoms with van der Waals surface area (Å²) in [6.07, 6.45) is 3.53. The zero-order valence-electron chi connectivity index (χ0n) is 12.3. The van der Waals surface area contributed by atoms with E-state index in [1.54, 1.807) is 0 Å². The van der Waals surface area contributed by atoms with Gasteiger partial charge in [-0.3, -0.25) is 4.79 Å². The number of carbonyl (C=O) groups is 1. The fraction of sp³-hybridized carbons (Fsp3) is 0.562. The third-order valence-corrected chi connectivity index (χ3v) is 4.12. The van der Waals surface area contributed by atoms with E-state index < -0.39 is 11.6 Å². The summed E-state index contributed by atoms with van der Waals surface area (Å²) in [5, 5.41) is 6.31. The van der Waals surface area contributed by atoms with Crippen molar-refractivity contribution >= 4 is 5.91 Å². The van der Waals surface area contributed by atoms with E-state index in [-0.39, 0.29) is 12.3 Å². The van der Waals surface area contributed by atoms with Crippen molar-refractivity contribution in [2.45, 2.75) is 38.6 Å². The van der Waals surface area contributed by atoms with Crippen molar-refractivity contribution in [3.63, 3.8) is 0 Å². The number of nitrogens with one attached hydrogen (secondary N) is 2. The standard InChI is InChI=1S/C16H22F2N2O/c1-2-12-4-3-7-19-15(12)10-20-16(21)9-11-5-6-13(17)14(18)8-11/h5-6,8,12,15,19H,2-4,7,9-10H2,1H3,(H,20,21). The molecule has 2 N–H and O–H groups in total. The number of halogens is 2. The molecule has 0 aliphatic carbocycles. The third kappa shape index (κ3) is 4.49. The first-order valence-electron chi connectivity index (χ1n) is 7.54. The Bertz CT molecular complexity index is 493. The van der Waals surface area contributed by atoms with Gasteiger partial charge in [0, 0.05) is 12.6 Å². The molecule has 0 saturated carbocycles. The van der Waals surface area contributed by atoms with Gasteiger partial charge in [0.25, 0.3) is 0 Å². The SMILES string of the molecule is CCC1CCCNC1CNC(=O)Cc1ccc(F)c(F)c1. The monoisotopic (exact) mass is 296 g/mol. The predicted molar refractivity (Wildman–Crippen MR) is 77.9 cm³/mol. The molecule has 1 aromatic carbocycles. The molecule has 1 heterocycles. The number of rotatable bonds is 5. The maximum atomic E-state index is 13.1. The first kappa shape index (κ1) is 15.9. The summed E-state index contributed by atoms with van der Waals surface area (Å²) in [7, 11) is 0. The van der Waals surface area contributed by atoms with E-state index in [0.717, 1.165) is 25.1 Å². The van der Waals surface area contributed by atoms with Crippen molar-refractivity contribution in [3.8, 4) is 0 Å². The molecule has 0 spiro atoms. The number of benzene rings is 1. The Hall–Kier alpha value is -1.49. The van der Waals surface area contributed by atoms with Crippen LogP contribution in [-0.2, 0) is 11.2 Å². The Labute approximate surface area is 124 Å². The Morgan fingerprint density at radius 3 is 2.90 bits per heavy atom. The van der Waals surface area contributed by atoms with Crippen LogP contribution in [0.3, 0.4) is 0 Å². The third-order valence-electron chi connectivity index (χ3n) is 4.12. The van der Waals surface area contributed by atoms with Gasteiger partial charge in [-0.15, -0.1) is 0 Å². The molecule has 3 nitrogen and oxygen atoms in total. The average molecular weight is 296 g/mol. The van der Waals surface area contributed by atoms with Crippen molar-refractivity contribution in [3.05, 3.63) is 35.4 Å². The first-order chi connectivity index (χ1) is 10.1. The topological polar surface area (TPSA) is 41.1 Å². The van der Waals surface area contributed by atoms with Crippen molar-refractivity contribution < 1.29 is 13.6 Å². The van der Waals surface area contributed by atoms with E-state index in [1.165, 1.54) is 18.9 Å². The van der Waals surface area contributed by atoms with Gasteiger partial charge < -0.3 is 10.6 Å². The van der Waals surface area contributed by atoms with Crippen LogP contribution >= 0.6 is 0 Å². The van der Waals surface area contributed by atoms with Crippen LogP contribution in [0.25, 0.3) is 0 Å². The molecule has 1 saturated heterocycles. The fourth-order valence-electron chi connectivity index (χ4n) is 2.87. The second-order valence-electron chi connectivity index (χ2n) is 5.60. The highest BCUT2D eigenvalue weighted by atomic mass is 19.2. The molecular weight excluding hydrogens is 274 g/mol. The minimum atomic E-state index is -0.916. The van der Waals surface area contributed by atoms with E-state index in [4.69, 9.17) is 0 Å². The summed E-state index contributed by atoms with van der Waals surface area (Å²) in [4.78, 5) is 11.9. The van der Waals surface area contributed by atoms with Crippen molar-refractivity contribution in [2.75, 3.05) is 13.1 Å². The van der Waals surface area contributed by atoms with Gasteiger partial charge in [-0.25, -0.2) is 8.78 Å². The molecule has 0 bridgehead atoms. The molecule has 0 aromatic heterocycles. The van der Waals surface area contributed by atoms with Crippen LogP contribution in [0.2, 0.25) is 0 Å². The van der Waals surface area contributed by atoms with Gasteiger partial charge in [0.05, 0.1) is 6.42 Å². The Kier molecular flexibility index (Phi) is 5.67. The highest BCUT2D eigenvalue weighted by Gasteiger charge is 2.23. The number of amides is 1. The van der Waals surface area contributed by atoms with Crippen molar-refractivity contribution in [1.29, 1.82) is 0 Å². The van der Waals surface area contributed by atoms with Gasteiger partial charge in [0.2, 0.25) is 5.91 Å². The molecule has 2 atom stereocenters. The Balaban J connectivity index is 1.82. The summed E-state index contributed by atoms with van der Waals surface area (Å²) >= 11 is 0. The van der Waals surface area contributed by atoms with Crippen molar-refractivity contribution in [1.82, 2.24) is 10.6 Å². The largest absolute Gasteiger partial charge is 0.354 e. The molecule has 2 rings (SSSR count). The lowest BCUT2D eigenvalue weighted by Gasteiger charge is -2.32. The number of hydrogen-bond acceptors (Lipinski definition) is 2. The van der Waals surface area contributed by atoms with Gasteiger partial charge in [-0.1, -0.05) is 19.4 Å². The zero-order chi connectivity index (χ0) is 15.2. The van der Waals surface area contributed by atoms with Crippen LogP contribution in [0, 0.1) is 17.6 Å². The fourth-order valence-corrected chi connectivity index (χ4v) is 2.87. The molecule has 1 aliphatic rings. The van der Waals surface area contributed by atoms with Crippen LogP contribution in [0.5, 0.6) is 0 Å². The molecule has 5 heteroatoms. The summed E-state index contributed by atoms with van der Waals surface area (Å²) in [5.41, 5.74) is 0.482. The number of piperidine rings is 1. The lowest BCUT2D eigenvalue weighted by molar-refractivity contribution is -0.120. The smallest absolute Gasteiger partial charge is 0.224 e. The molecule has 1 fully saturated rings. The van der Waals surface area contributed by atoms with Crippen molar-refractivity contribution in [2.24, 2.45) is 5.92 Å². The quantitative estimate of drug-likeness (QED) is 0.876. The first-order valence-corrected chi connectivity index (χ1v) is 7.54. The second kappa shape index (κ2) is 7.50. The minimum Gasteiger partial charge on any atom is -0.354 e. The van der Waals surface area contributed by atoms with E-state index >= 15 is 0 Å². The predicted octanol–water partition coefficient (Wildman–Crippen LogP) is 2.40. The van der Waals surface area contributed by atoms with E-state index in [2.05, 4.69) is 17.6 Å². The molecule has 2 unspecified atom stereocenters. The van der Waals surface area contributed by atoms with Crippen LogP contribution in [-0.4, -0.2) is 25.0 Å². The maximum absolute atomic E-state index is 13.1. The Morgan fingerprint density at radius 1 is 1.38 bits per heavy atom. The van der Waals surface area contributed by atoms with Crippen LogP contribution in [0.4, 0.5) is 8.78 Å². The summed E-state index contributed by atoms with van der Waals surface area (Å²) in [6, 6.07) is 3.86. The van der Waals surface area contributed by atoms with E-state index in [1.807, 2.05) is 0 Å². The average Bonchev–Trinajstić information content (AvgIpc) is 2.49. The number of hydrogen-bond donors (Lipinski definition) is 2. The molecule has 1 aliphatic heterocycles. The maximum Gasteiger partial charge on any atom is 0.224 e. The highest BCUT2D eigenvalue weighted by molar-refractivity contribution is 5.78.